The number of amides is 2. The van der Waals surface area contributed by atoms with Gasteiger partial charge in [0.15, 0.2) is 0 Å². The Morgan fingerprint density at radius 1 is 1.40 bits per heavy atom. The largest absolute Gasteiger partial charge is 0.335 e. The molecule has 1 saturated carbocycles. The van der Waals surface area contributed by atoms with Crippen LogP contribution >= 0.6 is 0 Å². The van der Waals surface area contributed by atoms with E-state index in [4.69, 9.17) is 5.73 Å². The Morgan fingerprint density at radius 2 is 2.24 bits per heavy atom. The molecule has 2 fully saturated rings. The number of hydrogen-bond donors (Lipinski definition) is 3. The zero-order valence-electron chi connectivity index (χ0n) is 14.6. The van der Waals surface area contributed by atoms with Crippen molar-refractivity contribution in [3.05, 3.63) is 17.5 Å². The quantitative estimate of drug-likeness (QED) is 0.682. The van der Waals surface area contributed by atoms with E-state index < -0.39 is 0 Å². The number of nitrogens with zero attached hydrogens (tertiary/aromatic N) is 3. The monoisotopic (exact) mass is 346 g/mol. The normalized spacial score (nSPS) is 31.9. The molecule has 0 aromatic carbocycles. The van der Waals surface area contributed by atoms with Crippen LogP contribution in [-0.2, 0) is 22.7 Å². The van der Waals surface area contributed by atoms with Gasteiger partial charge in [-0.1, -0.05) is 0 Å². The molecule has 3 aliphatic rings. The molecule has 4 atom stereocenters. The second-order valence-electron chi connectivity index (χ2n) is 7.47. The molecule has 2 aliphatic heterocycles. The lowest BCUT2D eigenvalue weighted by Gasteiger charge is -2.43. The summed E-state index contributed by atoms with van der Waals surface area (Å²) in [6.07, 6.45) is 4.76. The van der Waals surface area contributed by atoms with E-state index in [0.717, 1.165) is 38.0 Å². The Balaban J connectivity index is 1.57. The van der Waals surface area contributed by atoms with Crippen molar-refractivity contribution in [2.24, 2.45) is 17.6 Å². The minimum Gasteiger partial charge on any atom is -0.335 e. The lowest BCUT2D eigenvalue weighted by atomic mass is 9.68. The number of hydrazine groups is 1. The molecule has 1 aromatic rings. The van der Waals surface area contributed by atoms with Crippen LogP contribution in [0.15, 0.2) is 6.20 Å². The molecule has 136 valence electrons. The van der Waals surface area contributed by atoms with Crippen molar-refractivity contribution in [1.29, 1.82) is 0 Å². The van der Waals surface area contributed by atoms with Gasteiger partial charge in [-0.2, -0.15) is 5.10 Å². The summed E-state index contributed by atoms with van der Waals surface area (Å²) in [5, 5.41) is 4.54. The third-order valence-electron chi connectivity index (χ3n) is 6.18. The highest BCUT2D eigenvalue weighted by Crippen LogP contribution is 2.43. The Morgan fingerprint density at radius 3 is 3.00 bits per heavy atom. The summed E-state index contributed by atoms with van der Waals surface area (Å²) >= 11 is 0. The highest BCUT2D eigenvalue weighted by molar-refractivity contribution is 5.79. The van der Waals surface area contributed by atoms with Crippen molar-refractivity contribution in [1.82, 2.24) is 25.5 Å². The van der Waals surface area contributed by atoms with Gasteiger partial charge in [0, 0.05) is 32.0 Å². The summed E-state index contributed by atoms with van der Waals surface area (Å²) < 4.78 is 2.03. The predicted molar refractivity (Wildman–Crippen MR) is 91.0 cm³/mol. The lowest BCUT2D eigenvalue weighted by molar-refractivity contribution is -0.133. The van der Waals surface area contributed by atoms with Crippen LogP contribution in [0.1, 0.15) is 43.4 Å². The molecule has 1 aliphatic carbocycles. The minimum absolute atomic E-state index is 0.0474. The van der Waals surface area contributed by atoms with Crippen molar-refractivity contribution < 1.29 is 9.59 Å². The van der Waals surface area contributed by atoms with Crippen molar-refractivity contribution in [2.45, 2.75) is 51.2 Å². The van der Waals surface area contributed by atoms with Crippen LogP contribution in [-0.4, -0.2) is 45.6 Å². The number of nitrogens with one attached hydrogen (secondary N) is 2. The number of carbonyl (C=O) groups is 2. The summed E-state index contributed by atoms with van der Waals surface area (Å²) in [5.41, 5.74) is 14.1. The van der Waals surface area contributed by atoms with Gasteiger partial charge < -0.3 is 10.6 Å². The first-order valence-electron chi connectivity index (χ1n) is 9.14. The van der Waals surface area contributed by atoms with Crippen LogP contribution < -0.4 is 16.6 Å². The molecular formula is C17H26N6O2. The van der Waals surface area contributed by atoms with Crippen LogP contribution in [0.4, 0.5) is 0 Å². The molecule has 4 unspecified atom stereocenters. The fraction of sp³-hybridized carbons (Fsp3) is 0.706. The molecule has 2 amide bonds. The second-order valence-corrected chi connectivity index (χ2v) is 7.47. The molecule has 8 heteroatoms. The maximum Gasteiger partial charge on any atom is 0.237 e. The number of rotatable bonds is 2. The zero-order chi connectivity index (χ0) is 17.6. The molecule has 1 saturated heterocycles. The van der Waals surface area contributed by atoms with E-state index in [-0.39, 0.29) is 29.7 Å². The van der Waals surface area contributed by atoms with Gasteiger partial charge in [-0.15, -0.1) is 0 Å². The molecule has 8 nitrogen and oxygen atoms in total. The standard InChI is InChI=1S/C17H26N6O2/c1-10(24)22-4-5-23-16(9-22)14(8-19-23)11-2-3-12-13(6-11)15(7-18)20-21-17(12)25/h8,11-13,15,20H,2-7,9,18H2,1H3,(H,21,25). The summed E-state index contributed by atoms with van der Waals surface area (Å²) in [6, 6.07) is 0.116. The highest BCUT2D eigenvalue weighted by Gasteiger charge is 2.43. The molecule has 0 radical (unpaired) electrons. The van der Waals surface area contributed by atoms with E-state index in [1.54, 1.807) is 6.92 Å². The fourth-order valence-electron chi connectivity index (χ4n) is 4.73. The van der Waals surface area contributed by atoms with Gasteiger partial charge in [-0.05, 0) is 36.7 Å². The minimum atomic E-state index is 0.0474. The second kappa shape index (κ2) is 6.42. The van der Waals surface area contributed by atoms with Gasteiger partial charge in [0.05, 0.1) is 25.0 Å². The number of fused-ring (bicyclic) bond motifs is 2. The number of aromatic nitrogens is 2. The van der Waals surface area contributed by atoms with Crippen molar-refractivity contribution in [3.63, 3.8) is 0 Å². The Bertz CT molecular complexity index is 687. The molecule has 25 heavy (non-hydrogen) atoms. The Labute approximate surface area is 147 Å². The molecule has 4 rings (SSSR count). The van der Waals surface area contributed by atoms with Crippen LogP contribution in [0.3, 0.4) is 0 Å². The van der Waals surface area contributed by atoms with Crippen LogP contribution in [0, 0.1) is 11.8 Å². The molecule has 0 spiro atoms. The van der Waals surface area contributed by atoms with Crippen molar-refractivity contribution in [2.75, 3.05) is 13.1 Å². The van der Waals surface area contributed by atoms with Crippen molar-refractivity contribution >= 4 is 11.8 Å². The summed E-state index contributed by atoms with van der Waals surface area (Å²) in [4.78, 5) is 25.8. The maximum atomic E-state index is 12.2. The Hall–Kier alpha value is -1.93. The molecule has 1 aromatic heterocycles. The SMILES string of the molecule is CC(=O)N1CCn2ncc(C3CCC4C(=O)NNC(CN)C4C3)c2C1. The van der Waals surface area contributed by atoms with E-state index in [9.17, 15) is 9.59 Å². The highest BCUT2D eigenvalue weighted by atomic mass is 16.2. The third kappa shape index (κ3) is 2.83. The summed E-state index contributed by atoms with van der Waals surface area (Å²) in [6.45, 7) is 4.24. The third-order valence-corrected chi connectivity index (χ3v) is 6.18. The van der Waals surface area contributed by atoms with Gasteiger partial charge in [-0.25, -0.2) is 5.43 Å². The average molecular weight is 346 g/mol. The first kappa shape index (κ1) is 16.5. The van der Waals surface area contributed by atoms with Gasteiger partial charge in [0.2, 0.25) is 11.8 Å². The van der Waals surface area contributed by atoms with E-state index in [2.05, 4.69) is 16.0 Å². The first-order chi connectivity index (χ1) is 12.1. The average Bonchev–Trinajstić information content (AvgIpc) is 3.05. The van der Waals surface area contributed by atoms with Crippen LogP contribution in [0.2, 0.25) is 0 Å². The predicted octanol–water partition coefficient (Wildman–Crippen LogP) is -0.293. The maximum absolute atomic E-state index is 12.2. The zero-order valence-corrected chi connectivity index (χ0v) is 14.6. The molecule has 3 heterocycles. The number of hydrogen-bond acceptors (Lipinski definition) is 5. The van der Waals surface area contributed by atoms with Gasteiger partial charge >= 0.3 is 0 Å². The lowest BCUT2D eigenvalue weighted by Crippen LogP contribution is -2.62. The van der Waals surface area contributed by atoms with E-state index in [1.165, 1.54) is 5.56 Å². The topological polar surface area (TPSA) is 105 Å². The molecule has 4 N–H and O–H groups in total. The number of nitrogens with two attached hydrogens (primary N) is 1. The first-order valence-corrected chi connectivity index (χ1v) is 9.14. The number of carbonyl (C=O) groups excluding carboxylic acids is 2. The fourth-order valence-corrected chi connectivity index (χ4v) is 4.73. The van der Waals surface area contributed by atoms with Gasteiger partial charge in [-0.3, -0.25) is 19.7 Å². The van der Waals surface area contributed by atoms with Gasteiger partial charge in [0.25, 0.3) is 0 Å². The van der Waals surface area contributed by atoms with Crippen molar-refractivity contribution in [3.8, 4) is 0 Å². The molecule has 0 bridgehead atoms. The van der Waals surface area contributed by atoms with Gasteiger partial charge in [0.1, 0.15) is 0 Å². The van der Waals surface area contributed by atoms with E-state index in [0.29, 0.717) is 19.0 Å². The van der Waals surface area contributed by atoms with Crippen LogP contribution in [0.5, 0.6) is 0 Å². The summed E-state index contributed by atoms with van der Waals surface area (Å²) in [7, 11) is 0. The van der Waals surface area contributed by atoms with E-state index >= 15 is 0 Å². The summed E-state index contributed by atoms with van der Waals surface area (Å²) in [5.74, 6) is 0.872. The smallest absolute Gasteiger partial charge is 0.237 e. The molecular weight excluding hydrogens is 320 g/mol. The Kier molecular flexibility index (Phi) is 4.24. The van der Waals surface area contributed by atoms with Crippen LogP contribution in [0.25, 0.3) is 0 Å². The van der Waals surface area contributed by atoms with E-state index in [1.807, 2.05) is 15.8 Å².